The van der Waals surface area contributed by atoms with E-state index in [2.05, 4.69) is 27.5 Å². The number of nitrogens with one attached hydrogen (secondary N) is 2. The minimum atomic E-state index is -0.545. The topological polar surface area (TPSA) is 79.3 Å². The van der Waals surface area contributed by atoms with Crippen LogP contribution in [0.5, 0.6) is 0 Å². The Labute approximate surface area is 108 Å². The lowest BCUT2D eigenvalue weighted by molar-refractivity contribution is 0.0727. The Morgan fingerprint density at radius 3 is 2.89 bits per heavy atom. The van der Waals surface area contributed by atoms with Crippen LogP contribution in [0.3, 0.4) is 0 Å². The molecule has 0 amide bonds. The van der Waals surface area contributed by atoms with Gasteiger partial charge in [-0.3, -0.25) is 0 Å². The van der Waals surface area contributed by atoms with Crippen molar-refractivity contribution in [2.75, 3.05) is 37.4 Å². The van der Waals surface area contributed by atoms with Gasteiger partial charge in [0.15, 0.2) is 0 Å². The van der Waals surface area contributed by atoms with Gasteiger partial charge in [0.1, 0.15) is 5.82 Å². The molecule has 18 heavy (non-hydrogen) atoms. The lowest BCUT2D eigenvalue weighted by Crippen LogP contribution is -2.25. The first-order valence-corrected chi connectivity index (χ1v) is 6.15. The van der Waals surface area contributed by atoms with Crippen LogP contribution in [0.2, 0.25) is 0 Å². The van der Waals surface area contributed by atoms with E-state index in [0.717, 1.165) is 24.3 Å². The van der Waals surface area contributed by atoms with Crippen molar-refractivity contribution < 1.29 is 9.84 Å². The SMILES string of the molecule is CCCNc1ncc(C)c(NCC(O)COC)n1. The van der Waals surface area contributed by atoms with E-state index in [4.69, 9.17) is 4.74 Å². The highest BCUT2D eigenvalue weighted by atomic mass is 16.5. The predicted octanol–water partition coefficient (Wildman–Crippen LogP) is 1.03. The van der Waals surface area contributed by atoms with Crippen LogP contribution in [-0.2, 0) is 4.74 Å². The Hall–Kier alpha value is -1.40. The fourth-order valence-corrected chi connectivity index (χ4v) is 1.41. The molecule has 0 bridgehead atoms. The summed E-state index contributed by atoms with van der Waals surface area (Å²) in [5.41, 5.74) is 0.946. The van der Waals surface area contributed by atoms with Crippen LogP contribution in [0.1, 0.15) is 18.9 Å². The van der Waals surface area contributed by atoms with Crippen LogP contribution in [0.25, 0.3) is 0 Å². The number of aliphatic hydroxyl groups is 1. The van der Waals surface area contributed by atoms with Crippen molar-refractivity contribution in [3.8, 4) is 0 Å². The molecular weight excluding hydrogens is 232 g/mol. The molecule has 1 heterocycles. The monoisotopic (exact) mass is 254 g/mol. The zero-order valence-corrected chi connectivity index (χ0v) is 11.2. The molecule has 6 nitrogen and oxygen atoms in total. The third kappa shape index (κ3) is 4.85. The van der Waals surface area contributed by atoms with Gasteiger partial charge in [0.2, 0.25) is 5.95 Å². The van der Waals surface area contributed by atoms with Crippen LogP contribution < -0.4 is 10.6 Å². The molecule has 1 unspecified atom stereocenters. The summed E-state index contributed by atoms with van der Waals surface area (Å²) in [4.78, 5) is 8.55. The van der Waals surface area contributed by atoms with E-state index >= 15 is 0 Å². The van der Waals surface area contributed by atoms with Crippen LogP contribution in [-0.4, -0.2) is 48.0 Å². The molecule has 0 aliphatic rings. The van der Waals surface area contributed by atoms with Crippen molar-refractivity contribution >= 4 is 11.8 Å². The van der Waals surface area contributed by atoms with E-state index < -0.39 is 6.10 Å². The molecule has 102 valence electrons. The maximum atomic E-state index is 9.57. The fourth-order valence-electron chi connectivity index (χ4n) is 1.41. The minimum Gasteiger partial charge on any atom is -0.389 e. The molecule has 1 aromatic rings. The lowest BCUT2D eigenvalue weighted by atomic mass is 10.3. The quantitative estimate of drug-likeness (QED) is 0.643. The largest absolute Gasteiger partial charge is 0.389 e. The first-order chi connectivity index (χ1) is 8.67. The molecule has 0 saturated carbocycles. The van der Waals surface area contributed by atoms with Crippen molar-refractivity contribution in [3.63, 3.8) is 0 Å². The van der Waals surface area contributed by atoms with Crippen molar-refractivity contribution in [2.24, 2.45) is 0 Å². The van der Waals surface area contributed by atoms with Crippen molar-refractivity contribution in [2.45, 2.75) is 26.4 Å². The molecular formula is C12H22N4O2. The second-order valence-electron chi connectivity index (χ2n) is 4.14. The van der Waals surface area contributed by atoms with Gasteiger partial charge in [-0.1, -0.05) is 6.92 Å². The number of aromatic nitrogens is 2. The number of hydrogen-bond acceptors (Lipinski definition) is 6. The summed E-state index contributed by atoms with van der Waals surface area (Å²) < 4.78 is 4.86. The Bertz CT molecular complexity index is 360. The molecule has 1 atom stereocenters. The molecule has 6 heteroatoms. The number of aryl methyl sites for hydroxylation is 1. The molecule has 0 aromatic carbocycles. The molecule has 1 aromatic heterocycles. The molecule has 0 spiro atoms. The maximum Gasteiger partial charge on any atom is 0.224 e. The average Bonchev–Trinajstić information content (AvgIpc) is 2.36. The molecule has 0 aliphatic heterocycles. The summed E-state index contributed by atoms with van der Waals surface area (Å²) in [5, 5.41) is 15.8. The Kier molecular flexibility index (Phi) is 6.38. The summed E-state index contributed by atoms with van der Waals surface area (Å²) >= 11 is 0. The van der Waals surface area contributed by atoms with E-state index in [1.165, 1.54) is 0 Å². The highest BCUT2D eigenvalue weighted by Gasteiger charge is 2.07. The van der Waals surface area contributed by atoms with Gasteiger partial charge in [-0.15, -0.1) is 0 Å². The fraction of sp³-hybridized carbons (Fsp3) is 0.667. The number of methoxy groups -OCH3 is 1. The number of aliphatic hydroxyl groups excluding tert-OH is 1. The molecule has 1 rings (SSSR count). The lowest BCUT2D eigenvalue weighted by Gasteiger charge is -2.13. The van der Waals surface area contributed by atoms with Crippen LogP contribution in [0.15, 0.2) is 6.20 Å². The van der Waals surface area contributed by atoms with E-state index in [9.17, 15) is 5.11 Å². The molecule has 3 N–H and O–H groups in total. The van der Waals surface area contributed by atoms with E-state index in [1.54, 1.807) is 13.3 Å². The predicted molar refractivity (Wildman–Crippen MR) is 71.9 cm³/mol. The highest BCUT2D eigenvalue weighted by molar-refractivity contribution is 5.46. The summed E-state index contributed by atoms with van der Waals surface area (Å²) in [6, 6.07) is 0. The third-order valence-corrected chi connectivity index (χ3v) is 2.37. The van der Waals surface area contributed by atoms with Gasteiger partial charge in [0.25, 0.3) is 0 Å². The maximum absolute atomic E-state index is 9.57. The van der Waals surface area contributed by atoms with Crippen molar-refractivity contribution in [3.05, 3.63) is 11.8 Å². The molecule has 0 aliphatic carbocycles. The van der Waals surface area contributed by atoms with Crippen LogP contribution >= 0.6 is 0 Å². The number of rotatable bonds is 8. The smallest absolute Gasteiger partial charge is 0.224 e. The van der Waals surface area contributed by atoms with Crippen molar-refractivity contribution in [1.82, 2.24) is 9.97 Å². The van der Waals surface area contributed by atoms with Crippen molar-refractivity contribution in [1.29, 1.82) is 0 Å². The first kappa shape index (κ1) is 14.7. The Morgan fingerprint density at radius 2 is 2.22 bits per heavy atom. The van der Waals surface area contributed by atoms with Gasteiger partial charge in [-0.2, -0.15) is 4.98 Å². The standard InChI is InChI=1S/C12H22N4O2/c1-4-5-13-12-15-6-9(2)11(16-12)14-7-10(17)8-18-3/h6,10,17H,4-5,7-8H2,1-3H3,(H2,13,14,15,16). The minimum absolute atomic E-state index is 0.304. The second kappa shape index (κ2) is 7.84. The van der Waals surface area contributed by atoms with Gasteiger partial charge >= 0.3 is 0 Å². The van der Waals surface area contributed by atoms with E-state index in [1.807, 2.05) is 6.92 Å². The Balaban J connectivity index is 2.57. The number of hydrogen-bond donors (Lipinski definition) is 3. The van der Waals surface area contributed by atoms with Crippen LogP contribution in [0, 0.1) is 6.92 Å². The summed E-state index contributed by atoms with van der Waals surface area (Å²) in [7, 11) is 1.56. The summed E-state index contributed by atoms with van der Waals surface area (Å²) in [5.74, 6) is 1.34. The Morgan fingerprint density at radius 1 is 1.44 bits per heavy atom. The zero-order valence-electron chi connectivity index (χ0n) is 11.2. The number of anilines is 2. The average molecular weight is 254 g/mol. The number of ether oxygens (including phenoxy) is 1. The summed E-state index contributed by atoms with van der Waals surface area (Å²) in [6.07, 6.45) is 2.24. The van der Waals surface area contributed by atoms with Gasteiger partial charge in [0.05, 0.1) is 12.7 Å². The zero-order chi connectivity index (χ0) is 13.4. The van der Waals surface area contributed by atoms with Gasteiger partial charge in [-0.05, 0) is 13.3 Å². The van der Waals surface area contributed by atoms with Crippen LogP contribution in [0.4, 0.5) is 11.8 Å². The normalized spacial score (nSPS) is 12.2. The third-order valence-electron chi connectivity index (χ3n) is 2.37. The second-order valence-corrected chi connectivity index (χ2v) is 4.14. The van der Waals surface area contributed by atoms with E-state index in [0.29, 0.717) is 19.1 Å². The first-order valence-electron chi connectivity index (χ1n) is 6.15. The van der Waals surface area contributed by atoms with Gasteiger partial charge < -0.3 is 20.5 Å². The number of nitrogens with zero attached hydrogens (tertiary/aromatic N) is 2. The van der Waals surface area contributed by atoms with Gasteiger partial charge in [-0.25, -0.2) is 4.98 Å². The van der Waals surface area contributed by atoms with Gasteiger partial charge in [0, 0.05) is 32.0 Å². The highest BCUT2D eigenvalue weighted by Crippen LogP contribution is 2.12. The molecule has 0 saturated heterocycles. The summed E-state index contributed by atoms with van der Waals surface area (Å²) in [6.45, 7) is 5.56. The molecule has 0 radical (unpaired) electrons. The van der Waals surface area contributed by atoms with E-state index in [-0.39, 0.29) is 0 Å². The molecule has 0 fully saturated rings.